The Labute approximate surface area is 139 Å². The Kier molecular flexibility index (Phi) is 10.2. The molecule has 1 aliphatic heterocycles. The number of piperidine rings is 1. The monoisotopic (exact) mass is 333 g/mol. The maximum atomic E-state index is 11.9. The van der Waals surface area contributed by atoms with Gasteiger partial charge in [0, 0.05) is 25.8 Å². The summed E-state index contributed by atoms with van der Waals surface area (Å²) in [6, 6.07) is 10.2. The van der Waals surface area contributed by atoms with Crippen LogP contribution in [0, 0.1) is 0 Å². The van der Waals surface area contributed by atoms with Gasteiger partial charge < -0.3 is 15.5 Å². The molecular formula is C15H25Cl2N3O. The van der Waals surface area contributed by atoms with Crippen LogP contribution >= 0.6 is 24.8 Å². The zero-order valence-electron chi connectivity index (χ0n) is 12.4. The first-order chi connectivity index (χ1) is 9.27. The van der Waals surface area contributed by atoms with E-state index in [0.717, 1.165) is 25.9 Å². The molecule has 2 N–H and O–H groups in total. The summed E-state index contributed by atoms with van der Waals surface area (Å²) in [5.74, 6) is 0.140. The van der Waals surface area contributed by atoms with Crippen molar-refractivity contribution in [3.63, 3.8) is 0 Å². The fraction of sp³-hybridized carbons (Fsp3) is 0.533. The van der Waals surface area contributed by atoms with Crippen molar-refractivity contribution in [1.82, 2.24) is 10.6 Å². The minimum atomic E-state index is 0. The van der Waals surface area contributed by atoms with Crippen molar-refractivity contribution >= 4 is 36.4 Å². The summed E-state index contributed by atoms with van der Waals surface area (Å²) >= 11 is 0. The Balaban J connectivity index is 0.00000200. The first-order valence-electron chi connectivity index (χ1n) is 7.04. The molecule has 0 radical (unpaired) electrons. The van der Waals surface area contributed by atoms with Gasteiger partial charge >= 0.3 is 0 Å². The molecule has 0 aromatic heterocycles. The summed E-state index contributed by atoms with van der Waals surface area (Å²) in [5.41, 5.74) is 1.17. The zero-order chi connectivity index (χ0) is 13.5. The van der Waals surface area contributed by atoms with E-state index in [1.165, 1.54) is 12.1 Å². The summed E-state index contributed by atoms with van der Waals surface area (Å²) < 4.78 is 0. The van der Waals surface area contributed by atoms with E-state index in [-0.39, 0.29) is 36.8 Å². The molecule has 1 aliphatic rings. The Morgan fingerprint density at radius 1 is 1.29 bits per heavy atom. The fourth-order valence-corrected chi connectivity index (χ4v) is 2.36. The van der Waals surface area contributed by atoms with E-state index in [4.69, 9.17) is 0 Å². The molecule has 1 aromatic carbocycles. The van der Waals surface area contributed by atoms with Crippen LogP contribution in [0.15, 0.2) is 30.3 Å². The number of nitrogens with one attached hydrogen (secondary N) is 2. The van der Waals surface area contributed by atoms with Crippen LogP contribution in [0.25, 0.3) is 0 Å². The molecule has 6 heteroatoms. The van der Waals surface area contributed by atoms with Crippen molar-refractivity contribution in [3.8, 4) is 0 Å². The molecular weight excluding hydrogens is 309 g/mol. The molecule has 0 spiro atoms. The normalized spacial score (nSPS) is 17.1. The molecule has 4 nitrogen and oxygen atoms in total. The number of amides is 1. The largest absolute Gasteiger partial charge is 0.373 e. The lowest BCUT2D eigenvalue weighted by molar-refractivity contribution is -0.123. The number of hydrogen-bond acceptors (Lipinski definition) is 3. The van der Waals surface area contributed by atoms with E-state index in [2.05, 4.69) is 27.7 Å². The van der Waals surface area contributed by atoms with Crippen molar-refractivity contribution < 1.29 is 4.79 Å². The van der Waals surface area contributed by atoms with Crippen LogP contribution in [0.4, 0.5) is 5.69 Å². The summed E-state index contributed by atoms with van der Waals surface area (Å²) in [5, 5.41) is 6.27. The van der Waals surface area contributed by atoms with Crippen LogP contribution in [-0.2, 0) is 4.79 Å². The third-order valence-corrected chi connectivity index (χ3v) is 3.57. The summed E-state index contributed by atoms with van der Waals surface area (Å²) in [6.45, 7) is 2.47. The number of carbonyl (C=O) groups is 1. The SMILES string of the molecule is CN(CCNC(=O)[C@H]1CCCCN1)c1ccccc1.Cl.Cl. The lowest BCUT2D eigenvalue weighted by atomic mass is 10.0. The number of carbonyl (C=O) groups excluding carboxylic acids is 1. The van der Waals surface area contributed by atoms with Gasteiger partial charge in [0.05, 0.1) is 6.04 Å². The van der Waals surface area contributed by atoms with Gasteiger partial charge in [-0.15, -0.1) is 24.8 Å². The fourth-order valence-electron chi connectivity index (χ4n) is 2.36. The van der Waals surface area contributed by atoms with Gasteiger partial charge in [-0.3, -0.25) is 4.79 Å². The standard InChI is InChI=1S/C15H23N3O.2ClH/c1-18(13-7-3-2-4-8-13)12-11-17-15(19)14-9-5-6-10-16-14;;/h2-4,7-8,14,16H,5-6,9-12H2,1H3,(H,17,19);2*1H/t14-;;/m1../s1. The summed E-state index contributed by atoms with van der Waals surface area (Å²) in [6.07, 6.45) is 3.29. The maximum absolute atomic E-state index is 11.9. The van der Waals surface area contributed by atoms with Crippen molar-refractivity contribution in [3.05, 3.63) is 30.3 Å². The van der Waals surface area contributed by atoms with E-state index < -0.39 is 0 Å². The lowest BCUT2D eigenvalue weighted by Crippen LogP contribution is -2.48. The number of para-hydroxylation sites is 1. The quantitative estimate of drug-likeness (QED) is 0.868. The summed E-state index contributed by atoms with van der Waals surface area (Å²) in [7, 11) is 2.04. The predicted molar refractivity (Wildman–Crippen MR) is 92.9 cm³/mol. The van der Waals surface area contributed by atoms with E-state index in [1.54, 1.807) is 0 Å². The van der Waals surface area contributed by atoms with Gasteiger partial charge in [-0.25, -0.2) is 0 Å². The molecule has 1 atom stereocenters. The van der Waals surface area contributed by atoms with Gasteiger partial charge in [0.15, 0.2) is 0 Å². The number of likely N-dealkylation sites (N-methyl/N-ethyl adjacent to an activating group) is 1. The number of rotatable bonds is 5. The lowest BCUT2D eigenvalue weighted by Gasteiger charge is -2.24. The second kappa shape index (κ2) is 10.7. The number of anilines is 1. The Morgan fingerprint density at radius 2 is 2.00 bits per heavy atom. The van der Waals surface area contributed by atoms with Crippen molar-refractivity contribution in [2.75, 3.05) is 31.6 Å². The van der Waals surface area contributed by atoms with Crippen molar-refractivity contribution in [1.29, 1.82) is 0 Å². The molecule has 1 aromatic rings. The number of halogens is 2. The molecule has 0 unspecified atom stereocenters. The first-order valence-corrected chi connectivity index (χ1v) is 7.04. The van der Waals surface area contributed by atoms with Crippen LogP contribution < -0.4 is 15.5 Å². The molecule has 0 saturated carbocycles. The molecule has 1 amide bonds. The molecule has 1 fully saturated rings. The van der Waals surface area contributed by atoms with Gasteiger partial charge in [-0.1, -0.05) is 24.6 Å². The predicted octanol–water partition coefficient (Wildman–Crippen LogP) is 2.22. The molecule has 21 heavy (non-hydrogen) atoms. The van der Waals surface area contributed by atoms with Crippen molar-refractivity contribution in [2.45, 2.75) is 25.3 Å². The average molecular weight is 334 g/mol. The highest BCUT2D eigenvalue weighted by Crippen LogP contribution is 2.10. The molecule has 120 valence electrons. The van der Waals surface area contributed by atoms with E-state index in [1.807, 2.05) is 25.2 Å². The Morgan fingerprint density at radius 3 is 2.62 bits per heavy atom. The maximum Gasteiger partial charge on any atom is 0.237 e. The van der Waals surface area contributed by atoms with Crippen molar-refractivity contribution in [2.24, 2.45) is 0 Å². The second-order valence-corrected chi connectivity index (χ2v) is 5.05. The van der Waals surface area contributed by atoms with Crippen LogP contribution in [0.5, 0.6) is 0 Å². The van der Waals surface area contributed by atoms with E-state index >= 15 is 0 Å². The summed E-state index contributed by atoms with van der Waals surface area (Å²) in [4.78, 5) is 14.1. The molecule has 1 heterocycles. The van der Waals surface area contributed by atoms with Crippen LogP contribution in [0.1, 0.15) is 19.3 Å². The first kappa shape index (κ1) is 20.0. The zero-order valence-corrected chi connectivity index (χ0v) is 14.0. The topological polar surface area (TPSA) is 44.4 Å². The van der Waals surface area contributed by atoms with Gasteiger partial charge in [0.2, 0.25) is 5.91 Å². The Bertz CT molecular complexity index is 397. The number of nitrogens with zero attached hydrogens (tertiary/aromatic N) is 1. The third-order valence-electron chi connectivity index (χ3n) is 3.57. The molecule has 1 saturated heterocycles. The van der Waals surface area contributed by atoms with Gasteiger partial charge in [-0.05, 0) is 31.5 Å². The highest BCUT2D eigenvalue weighted by Gasteiger charge is 2.19. The minimum Gasteiger partial charge on any atom is -0.373 e. The van der Waals surface area contributed by atoms with E-state index in [0.29, 0.717) is 6.54 Å². The van der Waals surface area contributed by atoms with Crippen LogP contribution in [0.2, 0.25) is 0 Å². The number of benzene rings is 1. The second-order valence-electron chi connectivity index (χ2n) is 5.05. The highest BCUT2D eigenvalue weighted by atomic mass is 35.5. The van der Waals surface area contributed by atoms with Gasteiger partial charge in [0.1, 0.15) is 0 Å². The van der Waals surface area contributed by atoms with Gasteiger partial charge in [0.25, 0.3) is 0 Å². The Hall–Kier alpha value is -0.970. The number of hydrogen-bond donors (Lipinski definition) is 2. The smallest absolute Gasteiger partial charge is 0.237 e. The van der Waals surface area contributed by atoms with E-state index in [9.17, 15) is 4.79 Å². The average Bonchev–Trinajstić information content (AvgIpc) is 2.49. The highest BCUT2D eigenvalue weighted by molar-refractivity contribution is 5.85. The molecule has 0 aliphatic carbocycles. The van der Waals surface area contributed by atoms with Crippen LogP contribution in [0.3, 0.4) is 0 Å². The van der Waals surface area contributed by atoms with Gasteiger partial charge in [-0.2, -0.15) is 0 Å². The molecule has 2 rings (SSSR count). The molecule has 0 bridgehead atoms. The third kappa shape index (κ3) is 6.55. The van der Waals surface area contributed by atoms with Crippen LogP contribution in [-0.4, -0.2) is 38.6 Å². The minimum absolute atomic E-state index is 0.